The first-order valence-corrected chi connectivity index (χ1v) is 6.61. The van der Waals surface area contributed by atoms with E-state index in [-0.39, 0.29) is 0 Å². The van der Waals surface area contributed by atoms with Gasteiger partial charge in [-0.3, -0.25) is 0 Å². The highest BCUT2D eigenvalue weighted by molar-refractivity contribution is 7.08. The molecule has 3 N–H and O–H groups in total. The summed E-state index contributed by atoms with van der Waals surface area (Å²) in [4.78, 5) is 8.93. The molecule has 0 aliphatic heterocycles. The minimum absolute atomic E-state index is 0.515. The summed E-state index contributed by atoms with van der Waals surface area (Å²) in [6.07, 6.45) is 2.36. The molecule has 0 saturated heterocycles. The molecular formula is C12H14N4S. The molecule has 2 aromatic rings. The Morgan fingerprint density at radius 3 is 2.88 bits per heavy atom. The standard InChI is InChI=1S/C12H14N4S/c1-7-10(13)15-12(8-2-3-8)16-11(7)14-9-4-5-17-6-9/h4-6,8H,2-3H2,1H3,(H3,13,14,15,16). The highest BCUT2D eigenvalue weighted by atomic mass is 32.1. The van der Waals surface area contributed by atoms with Crippen molar-refractivity contribution >= 4 is 28.7 Å². The van der Waals surface area contributed by atoms with E-state index in [1.54, 1.807) is 11.3 Å². The molecule has 1 aliphatic rings. The minimum atomic E-state index is 0.515. The number of rotatable bonds is 3. The summed E-state index contributed by atoms with van der Waals surface area (Å²) in [5, 5.41) is 7.38. The summed E-state index contributed by atoms with van der Waals surface area (Å²) in [7, 11) is 0. The number of nitrogens with one attached hydrogen (secondary N) is 1. The van der Waals surface area contributed by atoms with E-state index in [9.17, 15) is 0 Å². The Bertz CT molecular complexity index is 532. The van der Waals surface area contributed by atoms with Gasteiger partial charge < -0.3 is 11.1 Å². The van der Waals surface area contributed by atoms with Crippen LogP contribution < -0.4 is 11.1 Å². The van der Waals surface area contributed by atoms with Crippen LogP contribution in [0.2, 0.25) is 0 Å². The van der Waals surface area contributed by atoms with Gasteiger partial charge in [0.05, 0.1) is 5.69 Å². The summed E-state index contributed by atoms with van der Waals surface area (Å²) < 4.78 is 0. The number of aromatic nitrogens is 2. The molecule has 0 bridgehead atoms. The Hall–Kier alpha value is -1.62. The van der Waals surface area contributed by atoms with Gasteiger partial charge in [0, 0.05) is 16.9 Å². The number of nitrogens with zero attached hydrogens (tertiary/aromatic N) is 2. The van der Waals surface area contributed by atoms with Crippen molar-refractivity contribution in [3.63, 3.8) is 0 Å². The van der Waals surface area contributed by atoms with Gasteiger partial charge in [-0.25, -0.2) is 9.97 Å². The van der Waals surface area contributed by atoms with Gasteiger partial charge in [-0.05, 0) is 31.2 Å². The van der Waals surface area contributed by atoms with Crippen molar-refractivity contribution in [1.29, 1.82) is 0 Å². The Balaban J connectivity index is 1.96. The Morgan fingerprint density at radius 1 is 1.41 bits per heavy atom. The van der Waals surface area contributed by atoms with E-state index in [0.29, 0.717) is 11.7 Å². The van der Waals surface area contributed by atoms with Crippen LogP contribution in [0.1, 0.15) is 30.1 Å². The van der Waals surface area contributed by atoms with Crippen LogP contribution in [-0.2, 0) is 0 Å². The van der Waals surface area contributed by atoms with E-state index in [4.69, 9.17) is 5.73 Å². The van der Waals surface area contributed by atoms with Crippen LogP contribution in [-0.4, -0.2) is 9.97 Å². The van der Waals surface area contributed by atoms with Crippen molar-refractivity contribution in [3.8, 4) is 0 Å². The minimum Gasteiger partial charge on any atom is -0.383 e. The Morgan fingerprint density at radius 2 is 2.24 bits per heavy atom. The van der Waals surface area contributed by atoms with Crippen LogP contribution >= 0.6 is 11.3 Å². The molecule has 0 radical (unpaired) electrons. The molecule has 1 saturated carbocycles. The molecule has 88 valence electrons. The number of nitrogens with two attached hydrogens (primary N) is 1. The molecule has 0 unspecified atom stereocenters. The van der Waals surface area contributed by atoms with Crippen LogP contribution in [0.4, 0.5) is 17.3 Å². The lowest BCUT2D eigenvalue weighted by Gasteiger charge is -2.10. The summed E-state index contributed by atoms with van der Waals surface area (Å²) in [6.45, 7) is 1.95. The monoisotopic (exact) mass is 246 g/mol. The molecule has 3 rings (SSSR count). The van der Waals surface area contributed by atoms with Crippen molar-refractivity contribution in [2.45, 2.75) is 25.7 Å². The average molecular weight is 246 g/mol. The molecule has 1 aliphatic carbocycles. The molecular weight excluding hydrogens is 232 g/mol. The lowest BCUT2D eigenvalue weighted by atomic mass is 10.3. The van der Waals surface area contributed by atoms with Gasteiger partial charge in [-0.15, -0.1) is 0 Å². The predicted octanol–water partition coefficient (Wildman–Crippen LogP) is 3.05. The highest BCUT2D eigenvalue weighted by Gasteiger charge is 2.27. The average Bonchev–Trinajstić information content (AvgIpc) is 3.04. The quantitative estimate of drug-likeness (QED) is 0.873. The van der Waals surface area contributed by atoms with Crippen molar-refractivity contribution in [2.75, 3.05) is 11.1 Å². The van der Waals surface area contributed by atoms with Crippen LogP contribution in [0.5, 0.6) is 0 Å². The third-order valence-electron chi connectivity index (χ3n) is 2.93. The zero-order valence-corrected chi connectivity index (χ0v) is 10.4. The van der Waals surface area contributed by atoms with Crippen molar-refractivity contribution < 1.29 is 0 Å². The molecule has 0 amide bonds. The number of hydrogen-bond acceptors (Lipinski definition) is 5. The molecule has 0 atom stereocenters. The topological polar surface area (TPSA) is 63.8 Å². The predicted molar refractivity (Wildman–Crippen MR) is 70.8 cm³/mol. The van der Waals surface area contributed by atoms with Gasteiger partial charge in [0.25, 0.3) is 0 Å². The molecule has 5 heteroatoms. The third kappa shape index (κ3) is 2.10. The SMILES string of the molecule is Cc1c(N)nc(C2CC2)nc1Nc1ccsc1. The maximum absolute atomic E-state index is 5.93. The fraction of sp³-hybridized carbons (Fsp3) is 0.333. The summed E-state index contributed by atoms with van der Waals surface area (Å²) in [5.74, 6) is 2.81. The van der Waals surface area contributed by atoms with Gasteiger partial charge in [-0.2, -0.15) is 11.3 Å². The van der Waals surface area contributed by atoms with E-state index in [2.05, 4.69) is 20.7 Å². The van der Waals surface area contributed by atoms with Gasteiger partial charge >= 0.3 is 0 Å². The highest BCUT2D eigenvalue weighted by Crippen LogP contribution is 2.39. The first-order chi connectivity index (χ1) is 8.24. The zero-order valence-electron chi connectivity index (χ0n) is 9.60. The summed E-state index contributed by atoms with van der Waals surface area (Å²) >= 11 is 1.65. The summed E-state index contributed by atoms with van der Waals surface area (Å²) in [6, 6.07) is 2.03. The van der Waals surface area contributed by atoms with Crippen molar-refractivity contribution in [2.24, 2.45) is 0 Å². The van der Waals surface area contributed by atoms with Gasteiger partial charge in [0.15, 0.2) is 0 Å². The lowest BCUT2D eigenvalue weighted by Crippen LogP contribution is -2.06. The second-order valence-corrected chi connectivity index (χ2v) is 5.13. The van der Waals surface area contributed by atoms with Crippen LogP contribution in [0.15, 0.2) is 16.8 Å². The lowest BCUT2D eigenvalue weighted by molar-refractivity contribution is 0.928. The zero-order chi connectivity index (χ0) is 11.8. The van der Waals surface area contributed by atoms with Crippen molar-refractivity contribution in [1.82, 2.24) is 9.97 Å². The van der Waals surface area contributed by atoms with E-state index in [0.717, 1.165) is 22.9 Å². The molecule has 2 heterocycles. The first-order valence-electron chi connectivity index (χ1n) is 5.67. The number of anilines is 3. The maximum Gasteiger partial charge on any atom is 0.139 e. The van der Waals surface area contributed by atoms with Gasteiger partial charge in [-0.1, -0.05) is 0 Å². The van der Waals surface area contributed by atoms with Crippen LogP contribution in [0.3, 0.4) is 0 Å². The normalized spacial score (nSPS) is 14.9. The molecule has 17 heavy (non-hydrogen) atoms. The molecule has 1 fully saturated rings. The Kier molecular flexibility index (Phi) is 2.48. The molecule has 4 nitrogen and oxygen atoms in total. The van der Waals surface area contributed by atoms with Gasteiger partial charge in [0.1, 0.15) is 17.5 Å². The summed E-state index contributed by atoms with van der Waals surface area (Å²) in [5.41, 5.74) is 7.90. The smallest absolute Gasteiger partial charge is 0.139 e. The molecule has 0 aromatic carbocycles. The van der Waals surface area contributed by atoms with Gasteiger partial charge in [0.2, 0.25) is 0 Å². The second-order valence-electron chi connectivity index (χ2n) is 4.35. The number of hydrogen-bond donors (Lipinski definition) is 2. The molecule has 2 aromatic heterocycles. The fourth-order valence-electron chi connectivity index (χ4n) is 1.67. The number of thiophene rings is 1. The third-order valence-corrected chi connectivity index (χ3v) is 3.61. The Labute approximate surface area is 104 Å². The maximum atomic E-state index is 5.93. The van der Waals surface area contributed by atoms with E-state index < -0.39 is 0 Å². The molecule has 0 spiro atoms. The van der Waals surface area contributed by atoms with Crippen molar-refractivity contribution in [3.05, 3.63) is 28.2 Å². The fourth-order valence-corrected chi connectivity index (χ4v) is 2.26. The first kappa shape index (κ1) is 10.5. The van der Waals surface area contributed by atoms with E-state index in [1.807, 2.05) is 18.4 Å². The second kappa shape index (κ2) is 4.00. The number of nitrogen functional groups attached to an aromatic ring is 1. The van der Waals surface area contributed by atoms with E-state index in [1.165, 1.54) is 12.8 Å². The van der Waals surface area contributed by atoms with Crippen LogP contribution in [0, 0.1) is 6.92 Å². The van der Waals surface area contributed by atoms with E-state index >= 15 is 0 Å². The largest absolute Gasteiger partial charge is 0.383 e. The van der Waals surface area contributed by atoms with Crippen LogP contribution in [0.25, 0.3) is 0 Å².